The number of amides is 2. The number of ether oxygens (including phenoxy) is 1. The van der Waals surface area contributed by atoms with Crippen molar-refractivity contribution in [3.8, 4) is 0 Å². The average Bonchev–Trinajstić information content (AvgIpc) is 3.17. The number of esters is 1. The molecule has 3 aromatic rings. The highest BCUT2D eigenvalue weighted by Gasteiger charge is 2.15. The molecule has 0 aliphatic carbocycles. The van der Waals surface area contributed by atoms with Crippen molar-refractivity contribution in [1.82, 2.24) is 20.1 Å². The Bertz CT molecular complexity index is 1200. The van der Waals surface area contributed by atoms with Crippen LogP contribution in [0.5, 0.6) is 0 Å². The molecule has 1 aromatic heterocycles. The molecule has 0 fully saturated rings. The molecule has 9 nitrogen and oxygen atoms in total. The topological polar surface area (TPSA) is 115 Å². The lowest BCUT2D eigenvalue weighted by molar-refractivity contribution is -0.113. The fraction of sp³-hybridized carbons (Fsp3) is 0.227. The summed E-state index contributed by atoms with van der Waals surface area (Å²) in [6, 6.07) is 11.1. The zero-order valence-electron chi connectivity index (χ0n) is 18.3. The van der Waals surface area contributed by atoms with Gasteiger partial charge in [-0.1, -0.05) is 35.0 Å². The predicted molar refractivity (Wildman–Crippen MR) is 130 cm³/mol. The number of hydrogen-bond acceptors (Lipinski definition) is 7. The van der Waals surface area contributed by atoms with Crippen LogP contribution in [0.2, 0.25) is 10.0 Å². The van der Waals surface area contributed by atoms with Gasteiger partial charge in [-0.3, -0.25) is 9.59 Å². The molecule has 0 saturated carbocycles. The van der Waals surface area contributed by atoms with Crippen molar-refractivity contribution < 1.29 is 19.1 Å². The molecule has 0 atom stereocenters. The monoisotopic (exact) mass is 521 g/mol. The number of anilines is 1. The maximum atomic E-state index is 12.4. The highest BCUT2D eigenvalue weighted by atomic mass is 35.5. The van der Waals surface area contributed by atoms with Crippen molar-refractivity contribution in [2.24, 2.45) is 7.05 Å². The van der Waals surface area contributed by atoms with Crippen LogP contribution in [-0.4, -0.2) is 44.9 Å². The Morgan fingerprint density at radius 1 is 1.09 bits per heavy atom. The predicted octanol–water partition coefficient (Wildman–Crippen LogP) is 3.96. The van der Waals surface area contributed by atoms with Gasteiger partial charge in [0, 0.05) is 23.3 Å². The van der Waals surface area contributed by atoms with Crippen LogP contribution in [-0.2, 0) is 23.1 Å². The Hall–Kier alpha value is -3.08. The molecule has 0 saturated heterocycles. The van der Waals surface area contributed by atoms with E-state index in [2.05, 4.69) is 20.8 Å². The Labute approximate surface area is 210 Å². The van der Waals surface area contributed by atoms with Gasteiger partial charge in [-0.25, -0.2) is 4.79 Å². The van der Waals surface area contributed by atoms with E-state index in [1.165, 1.54) is 23.9 Å². The van der Waals surface area contributed by atoms with E-state index >= 15 is 0 Å². The van der Waals surface area contributed by atoms with Gasteiger partial charge in [-0.05, 0) is 49.4 Å². The third kappa shape index (κ3) is 6.72. The zero-order valence-corrected chi connectivity index (χ0v) is 20.6. The molecule has 178 valence electrons. The van der Waals surface area contributed by atoms with Gasteiger partial charge in [0.2, 0.25) is 5.91 Å². The van der Waals surface area contributed by atoms with Crippen LogP contribution in [0.4, 0.5) is 5.69 Å². The molecule has 1 heterocycles. The summed E-state index contributed by atoms with van der Waals surface area (Å²) in [6.45, 7) is 2.08. The summed E-state index contributed by atoms with van der Waals surface area (Å²) in [5.74, 6) is -0.545. The van der Waals surface area contributed by atoms with Crippen LogP contribution < -0.4 is 10.6 Å². The second-order valence-corrected chi connectivity index (χ2v) is 8.69. The molecule has 0 unspecified atom stereocenters. The van der Waals surface area contributed by atoms with Crippen molar-refractivity contribution in [3.05, 3.63) is 69.5 Å². The molecule has 3 rings (SSSR count). The minimum Gasteiger partial charge on any atom is -0.462 e. The molecule has 0 radical (unpaired) electrons. The molecule has 0 aliphatic heterocycles. The van der Waals surface area contributed by atoms with E-state index in [0.29, 0.717) is 27.3 Å². The molecule has 34 heavy (non-hydrogen) atoms. The molecule has 2 amide bonds. The summed E-state index contributed by atoms with van der Waals surface area (Å²) in [6.07, 6.45) is 0. The largest absolute Gasteiger partial charge is 0.462 e. The van der Waals surface area contributed by atoms with Gasteiger partial charge in [-0.2, -0.15) is 0 Å². The Kier molecular flexibility index (Phi) is 8.91. The van der Waals surface area contributed by atoms with E-state index in [1.807, 2.05) is 0 Å². The quantitative estimate of drug-likeness (QED) is 0.323. The summed E-state index contributed by atoms with van der Waals surface area (Å²) >= 11 is 13.1. The minimum absolute atomic E-state index is 0.0560. The molecule has 0 bridgehead atoms. The van der Waals surface area contributed by atoms with Gasteiger partial charge in [0.05, 0.1) is 29.5 Å². The smallest absolute Gasteiger partial charge is 0.339 e. The number of aromatic nitrogens is 3. The van der Waals surface area contributed by atoms with E-state index in [4.69, 9.17) is 27.9 Å². The minimum atomic E-state index is -0.562. The molecule has 2 N–H and O–H groups in total. The number of hydrogen-bond donors (Lipinski definition) is 2. The van der Waals surface area contributed by atoms with Crippen LogP contribution in [0.1, 0.15) is 33.5 Å². The van der Waals surface area contributed by atoms with Gasteiger partial charge in [0.15, 0.2) is 11.0 Å². The van der Waals surface area contributed by atoms with Crippen LogP contribution in [0.3, 0.4) is 0 Å². The second-order valence-electron chi connectivity index (χ2n) is 6.90. The van der Waals surface area contributed by atoms with E-state index < -0.39 is 5.97 Å². The first-order chi connectivity index (χ1) is 16.3. The zero-order chi connectivity index (χ0) is 24.7. The summed E-state index contributed by atoms with van der Waals surface area (Å²) in [5, 5.41) is 14.9. The summed E-state index contributed by atoms with van der Waals surface area (Å²) in [5.41, 5.74) is 1.07. The Morgan fingerprint density at radius 3 is 2.53 bits per heavy atom. The maximum Gasteiger partial charge on any atom is 0.339 e. The lowest BCUT2D eigenvalue weighted by Gasteiger charge is -2.09. The van der Waals surface area contributed by atoms with Crippen LogP contribution in [0, 0.1) is 0 Å². The third-order valence-electron chi connectivity index (χ3n) is 4.52. The first-order valence-electron chi connectivity index (χ1n) is 10.1. The van der Waals surface area contributed by atoms with Crippen molar-refractivity contribution in [1.29, 1.82) is 0 Å². The summed E-state index contributed by atoms with van der Waals surface area (Å²) < 4.78 is 6.66. The SMILES string of the molecule is CCOC(=O)c1cc(NC(=O)CSc2nnc(CNC(=O)c3ccc(Cl)cc3)n2C)ccc1Cl. The highest BCUT2D eigenvalue weighted by molar-refractivity contribution is 7.99. The lowest BCUT2D eigenvalue weighted by atomic mass is 10.2. The normalized spacial score (nSPS) is 10.6. The van der Waals surface area contributed by atoms with Gasteiger partial charge >= 0.3 is 5.97 Å². The average molecular weight is 522 g/mol. The number of carbonyl (C=O) groups is 3. The van der Waals surface area contributed by atoms with Crippen molar-refractivity contribution in [3.63, 3.8) is 0 Å². The Balaban J connectivity index is 1.53. The van der Waals surface area contributed by atoms with E-state index in [9.17, 15) is 14.4 Å². The van der Waals surface area contributed by atoms with Gasteiger partial charge in [0.1, 0.15) is 0 Å². The van der Waals surface area contributed by atoms with Crippen LogP contribution in [0.15, 0.2) is 47.6 Å². The van der Waals surface area contributed by atoms with E-state index in [0.717, 1.165) is 0 Å². The van der Waals surface area contributed by atoms with E-state index in [-0.39, 0.29) is 41.3 Å². The van der Waals surface area contributed by atoms with Crippen molar-refractivity contribution in [2.75, 3.05) is 17.7 Å². The van der Waals surface area contributed by atoms with Crippen molar-refractivity contribution >= 4 is 58.4 Å². The number of benzene rings is 2. The number of nitrogens with zero attached hydrogens (tertiary/aromatic N) is 3. The van der Waals surface area contributed by atoms with Crippen LogP contribution in [0.25, 0.3) is 0 Å². The second kappa shape index (κ2) is 11.9. The van der Waals surface area contributed by atoms with Crippen LogP contribution >= 0.6 is 35.0 Å². The fourth-order valence-electron chi connectivity index (χ4n) is 2.78. The molecule has 12 heteroatoms. The number of carbonyl (C=O) groups excluding carboxylic acids is 3. The maximum absolute atomic E-state index is 12.4. The lowest BCUT2D eigenvalue weighted by Crippen LogP contribution is -2.24. The summed E-state index contributed by atoms with van der Waals surface area (Å²) in [7, 11) is 1.74. The van der Waals surface area contributed by atoms with Gasteiger partial charge < -0.3 is 19.9 Å². The fourth-order valence-corrected chi connectivity index (χ4v) is 3.83. The standard InChI is InChI=1S/C22H21Cl2N5O4S/c1-3-33-21(32)16-10-15(8-9-17(16)24)26-19(30)12-34-22-28-27-18(29(22)2)11-25-20(31)13-4-6-14(23)7-5-13/h4-10H,3,11-12H2,1-2H3,(H,25,31)(H,26,30). The van der Waals surface area contributed by atoms with Crippen molar-refractivity contribution in [2.45, 2.75) is 18.6 Å². The first kappa shape index (κ1) is 25.5. The highest BCUT2D eigenvalue weighted by Crippen LogP contribution is 2.22. The number of halogens is 2. The molecular weight excluding hydrogens is 501 g/mol. The van der Waals surface area contributed by atoms with E-state index in [1.54, 1.807) is 48.9 Å². The number of rotatable bonds is 9. The molecule has 2 aromatic carbocycles. The molecular formula is C22H21Cl2N5O4S. The number of nitrogens with one attached hydrogen (secondary N) is 2. The summed E-state index contributed by atoms with van der Waals surface area (Å²) in [4.78, 5) is 36.6. The number of thioether (sulfide) groups is 1. The third-order valence-corrected chi connectivity index (χ3v) is 6.12. The van der Waals surface area contributed by atoms with Gasteiger partial charge in [0.25, 0.3) is 5.91 Å². The van der Waals surface area contributed by atoms with Gasteiger partial charge in [-0.15, -0.1) is 10.2 Å². The molecule has 0 spiro atoms. The Morgan fingerprint density at radius 2 is 1.82 bits per heavy atom. The molecule has 0 aliphatic rings. The first-order valence-corrected chi connectivity index (χ1v) is 11.8.